The van der Waals surface area contributed by atoms with E-state index < -0.39 is 15.8 Å². The molecule has 1 N–H and O–H groups in total. The van der Waals surface area contributed by atoms with Crippen LogP contribution in [-0.2, 0) is 34.2 Å². The number of carbonyl (C=O) groups is 1. The largest absolute Gasteiger partial charge is 0.484 e. The van der Waals surface area contributed by atoms with Gasteiger partial charge in [0.25, 0.3) is 5.91 Å². The van der Waals surface area contributed by atoms with Gasteiger partial charge in [0.2, 0.25) is 10.0 Å². The summed E-state index contributed by atoms with van der Waals surface area (Å²) in [4.78, 5) is 12.4. The number of nitrogens with zero attached hydrogens (tertiary/aromatic N) is 1. The van der Waals surface area contributed by atoms with E-state index in [1.165, 1.54) is 22.0 Å². The van der Waals surface area contributed by atoms with Crippen molar-refractivity contribution in [3.05, 3.63) is 89.2 Å². The zero-order valence-corrected chi connectivity index (χ0v) is 19.1. The maximum Gasteiger partial charge on any atom is 0.262 e. The molecule has 0 spiro atoms. The molecule has 6 nitrogen and oxygen atoms in total. The van der Waals surface area contributed by atoms with E-state index >= 15 is 0 Å². The van der Waals surface area contributed by atoms with Crippen LogP contribution in [0.4, 0.5) is 10.1 Å². The molecule has 3 aromatic rings. The molecule has 1 heterocycles. The van der Waals surface area contributed by atoms with Crippen LogP contribution in [0.5, 0.6) is 5.75 Å². The summed E-state index contributed by atoms with van der Waals surface area (Å²) in [6, 6.07) is 17.9. The number of halogens is 1. The number of rotatable bonds is 7. The van der Waals surface area contributed by atoms with Gasteiger partial charge in [-0.05, 0) is 78.1 Å². The highest BCUT2D eigenvalue weighted by Crippen LogP contribution is 2.27. The average Bonchev–Trinajstić information content (AvgIpc) is 2.83. The van der Waals surface area contributed by atoms with Crippen molar-refractivity contribution in [3.8, 4) is 5.75 Å². The molecule has 1 amide bonds. The standard InChI is InChI=1S/C25H25FN2O4S/c1-2-18-3-9-23(10-4-18)32-17-25(29)27-22-8-5-19-13-14-28(16-20(19)15-22)33(30,31)24-11-6-21(26)7-12-24/h3-12,15H,2,13-14,16-17H2,1H3,(H,27,29). The second-order valence-corrected chi connectivity index (χ2v) is 9.80. The number of amides is 1. The van der Waals surface area contributed by atoms with Gasteiger partial charge in [0.05, 0.1) is 4.90 Å². The molecule has 0 unspecified atom stereocenters. The Kier molecular flexibility index (Phi) is 6.76. The molecule has 0 saturated carbocycles. The van der Waals surface area contributed by atoms with Crippen LogP contribution >= 0.6 is 0 Å². The summed E-state index contributed by atoms with van der Waals surface area (Å²) in [5.74, 6) is -0.171. The van der Waals surface area contributed by atoms with Crippen LogP contribution in [0.1, 0.15) is 23.6 Å². The first-order valence-electron chi connectivity index (χ1n) is 10.7. The summed E-state index contributed by atoms with van der Waals surface area (Å²) in [6.07, 6.45) is 1.49. The summed E-state index contributed by atoms with van der Waals surface area (Å²) >= 11 is 0. The van der Waals surface area contributed by atoms with Crippen molar-refractivity contribution in [1.82, 2.24) is 4.31 Å². The van der Waals surface area contributed by atoms with Gasteiger partial charge in [-0.15, -0.1) is 0 Å². The number of nitrogens with one attached hydrogen (secondary N) is 1. The third kappa shape index (κ3) is 5.40. The molecule has 0 fully saturated rings. The molecule has 172 valence electrons. The molecule has 0 aliphatic carbocycles. The number of ether oxygens (including phenoxy) is 1. The third-order valence-electron chi connectivity index (χ3n) is 5.62. The van der Waals surface area contributed by atoms with Crippen molar-refractivity contribution in [2.45, 2.75) is 31.2 Å². The highest BCUT2D eigenvalue weighted by Gasteiger charge is 2.28. The number of anilines is 1. The van der Waals surface area contributed by atoms with Gasteiger partial charge in [0.1, 0.15) is 11.6 Å². The zero-order valence-electron chi connectivity index (χ0n) is 18.3. The van der Waals surface area contributed by atoms with Gasteiger partial charge >= 0.3 is 0 Å². The lowest BCUT2D eigenvalue weighted by atomic mass is 10.0. The van der Waals surface area contributed by atoms with Gasteiger partial charge in [0.15, 0.2) is 6.61 Å². The van der Waals surface area contributed by atoms with Gasteiger partial charge in [-0.2, -0.15) is 4.31 Å². The molecule has 0 radical (unpaired) electrons. The van der Waals surface area contributed by atoms with E-state index in [2.05, 4.69) is 12.2 Å². The number of hydrogen-bond donors (Lipinski definition) is 1. The zero-order chi connectivity index (χ0) is 23.4. The minimum atomic E-state index is -3.74. The fraction of sp³-hybridized carbons (Fsp3) is 0.240. The number of carbonyl (C=O) groups excluding carboxylic acids is 1. The number of benzene rings is 3. The Morgan fingerprint density at radius 3 is 2.45 bits per heavy atom. The van der Waals surface area contributed by atoms with Crippen molar-refractivity contribution in [3.63, 3.8) is 0 Å². The van der Waals surface area contributed by atoms with Crippen molar-refractivity contribution in [2.24, 2.45) is 0 Å². The highest BCUT2D eigenvalue weighted by atomic mass is 32.2. The minimum Gasteiger partial charge on any atom is -0.484 e. The summed E-state index contributed by atoms with van der Waals surface area (Å²) < 4.78 is 46.0. The number of fused-ring (bicyclic) bond motifs is 1. The lowest BCUT2D eigenvalue weighted by Gasteiger charge is -2.28. The number of aryl methyl sites for hydroxylation is 1. The van der Waals surface area contributed by atoms with Crippen molar-refractivity contribution in [2.75, 3.05) is 18.5 Å². The van der Waals surface area contributed by atoms with E-state index in [1.807, 2.05) is 30.3 Å². The Labute approximate surface area is 193 Å². The Morgan fingerprint density at radius 2 is 1.76 bits per heavy atom. The summed E-state index contributed by atoms with van der Waals surface area (Å²) in [5, 5.41) is 2.80. The fourth-order valence-corrected chi connectivity index (χ4v) is 5.16. The normalized spacial score (nSPS) is 13.9. The highest BCUT2D eigenvalue weighted by molar-refractivity contribution is 7.89. The maximum absolute atomic E-state index is 13.2. The molecule has 0 saturated heterocycles. The topological polar surface area (TPSA) is 75.7 Å². The summed E-state index contributed by atoms with van der Waals surface area (Å²) in [6.45, 7) is 2.45. The summed E-state index contributed by atoms with van der Waals surface area (Å²) in [7, 11) is -3.74. The predicted molar refractivity (Wildman–Crippen MR) is 124 cm³/mol. The average molecular weight is 469 g/mol. The predicted octanol–water partition coefficient (Wildman–Crippen LogP) is 4.15. The molecule has 3 aromatic carbocycles. The van der Waals surface area contributed by atoms with E-state index in [1.54, 1.807) is 12.1 Å². The summed E-state index contributed by atoms with van der Waals surface area (Å²) in [5.41, 5.74) is 3.62. The Hall–Kier alpha value is -3.23. The third-order valence-corrected chi connectivity index (χ3v) is 7.48. The van der Waals surface area contributed by atoms with E-state index in [4.69, 9.17) is 4.74 Å². The van der Waals surface area contributed by atoms with Crippen LogP contribution in [0.15, 0.2) is 71.6 Å². The van der Waals surface area contributed by atoms with Crippen LogP contribution in [0.2, 0.25) is 0 Å². The Bertz CT molecular complexity index is 1240. The van der Waals surface area contributed by atoms with Gasteiger partial charge in [-0.1, -0.05) is 25.1 Å². The second kappa shape index (κ2) is 9.72. The molecule has 0 atom stereocenters. The first kappa shape index (κ1) is 22.9. The van der Waals surface area contributed by atoms with Crippen LogP contribution < -0.4 is 10.1 Å². The Morgan fingerprint density at radius 1 is 1.03 bits per heavy atom. The van der Waals surface area contributed by atoms with Gasteiger partial charge in [-0.25, -0.2) is 12.8 Å². The lowest BCUT2D eigenvalue weighted by Crippen LogP contribution is -2.36. The molecule has 0 aromatic heterocycles. The quantitative estimate of drug-likeness (QED) is 0.565. The molecular weight excluding hydrogens is 443 g/mol. The molecule has 1 aliphatic rings. The monoisotopic (exact) mass is 468 g/mol. The molecule has 0 bridgehead atoms. The lowest BCUT2D eigenvalue weighted by molar-refractivity contribution is -0.118. The number of hydrogen-bond acceptors (Lipinski definition) is 4. The van der Waals surface area contributed by atoms with Crippen LogP contribution in [0.3, 0.4) is 0 Å². The van der Waals surface area contributed by atoms with Gasteiger partial charge in [0, 0.05) is 18.8 Å². The van der Waals surface area contributed by atoms with Gasteiger partial charge in [-0.3, -0.25) is 4.79 Å². The van der Waals surface area contributed by atoms with Gasteiger partial charge < -0.3 is 10.1 Å². The molecule has 1 aliphatic heterocycles. The second-order valence-electron chi connectivity index (χ2n) is 7.86. The van der Waals surface area contributed by atoms with Crippen molar-refractivity contribution in [1.29, 1.82) is 0 Å². The molecule has 8 heteroatoms. The van der Waals surface area contributed by atoms with E-state index in [0.717, 1.165) is 29.7 Å². The van der Waals surface area contributed by atoms with E-state index in [-0.39, 0.29) is 24.0 Å². The Balaban J connectivity index is 1.40. The van der Waals surface area contributed by atoms with Crippen LogP contribution in [0.25, 0.3) is 0 Å². The first-order valence-corrected chi connectivity index (χ1v) is 12.2. The SMILES string of the molecule is CCc1ccc(OCC(=O)Nc2ccc3c(c2)CN(S(=O)(=O)c2ccc(F)cc2)CC3)cc1. The van der Waals surface area contributed by atoms with Crippen LogP contribution in [-0.4, -0.2) is 31.8 Å². The smallest absolute Gasteiger partial charge is 0.262 e. The minimum absolute atomic E-state index is 0.0564. The molecular formula is C25H25FN2O4S. The molecule has 33 heavy (non-hydrogen) atoms. The first-order chi connectivity index (χ1) is 15.8. The van der Waals surface area contributed by atoms with Crippen molar-refractivity contribution >= 4 is 21.6 Å². The molecule has 4 rings (SSSR count). The van der Waals surface area contributed by atoms with E-state index in [9.17, 15) is 17.6 Å². The maximum atomic E-state index is 13.2. The van der Waals surface area contributed by atoms with Crippen LogP contribution in [0, 0.1) is 5.82 Å². The van der Waals surface area contributed by atoms with E-state index in [0.29, 0.717) is 24.4 Å². The number of sulfonamides is 1. The fourth-order valence-electron chi connectivity index (χ4n) is 3.74. The van der Waals surface area contributed by atoms with Crippen molar-refractivity contribution < 1.29 is 22.3 Å².